The third-order valence-electron chi connectivity index (χ3n) is 9.97. The molecule has 0 bridgehead atoms. The first-order valence-corrected chi connectivity index (χ1v) is 13.3. The predicted octanol–water partition coefficient (Wildman–Crippen LogP) is 1.40. The summed E-state index contributed by atoms with van der Waals surface area (Å²) in [6.07, 6.45) is 8.71. The molecule has 6 rings (SSSR count). The molecule has 1 spiro atoms. The first kappa shape index (κ1) is 21.0. The predicted molar refractivity (Wildman–Crippen MR) is 121 cm³/mol. The third-order valence-corrected chi connectivity index (χ3v) is 9.97. The van der Waals surface area contributed by atoms with E-state index < -0.39 is 0 Å². The summed E-state index contributed by atoms with van der Waals surface area (Å²) in [7, 11) is 0. The zero-order valence-electron chi connectivity index (χ0n) is 19.3. The molecular weight excluding hydrogens is 388 g/mol. The summed E-state index contributed by atoms with van der Waals surface area (Å²) in [5.74, 6) is 2.19. The van der Waals surface area contributed by atoms with Gasteiger partial charge in [0, 0.05) is 42.4 Å². The van der Waals surface area contributed by atoms with E-state index in [1.165, 1.54) is 32.2 Å². The van der Waals surface area contributed by atoms with E-state index in [9.17, 15) is 4.79 Å². The molecule has 3 N–H and O–H groups in total. The van der Waals surface area contributed by atoms with Crippen molar-refractivity contribution in [1.29, 1.82) is 0 Å². The number of nitrogens with zero attached hydrogens (tertiary/aromatic N) is 1. The van der Waals surface area contributed by atoms with Crippen LogP contribution in [0.5, 0.6) is 0 Å². The molecule has 5 saturated heterocycles. The van der Waals surface area contributed by atoms with Gasteiger partial charge in [0.1, 0.15) is 5.78 Å². The Morgan fingerprint density at radius 3 is 2.39 bits per heavy atom. The molecule has 0 aromatic rings. The second-order valence-corrected chi connectivity index (χ2v) is 11.2. The minimum absolute atomic E-state index is 0.164. The monoisotopic (exact) mass is 430 g/mol. The van der Waals surface area contributed by atoms with Crippen molar-refractivity contribution in [2.45, 2.75) is 76.2 Å². The Morgan fingerprint density at radius 1 is 0.968 bits per heavy atom. The van der Waals surface area contributed by atoms with Gasteiger partial charge in [0.25, 0.3) is 0 Å². The van der Waals surface area contributed by atoms with Gasteiger partial charge in [-0.3, -0.25) is 9.69 Å². The van der Waals surface area contributed by atoms with Gasteiger partial charge < -0.3 is 20.7 Å². The van der Waals surface area contributed by atoms with Crippen molar-refractivity contribution in [3.63, 3.8) is 0 Å². The van der Waals surface area contributed by atoms with Crippen LogP contribution in [0.1, 0.15) is 51.9 Å². The lowest BCUT2D eigenvalue weighted by Crippen LogP contribution is -2.80. The average Bonchev–Trinajstić information content (AvgIpc) is 2.82. The number of nitrogens with one attached hydrogen (secondary N) is 3. The van der Waals surface area contributed by atoms with Crippen LogP contribution in [0.2, 0.25) is 0 Å². The van der Waals surface area contributed by atoms with Gasteiger partial charge in [0.2, 0.25) is 0 Å². The van der Waals surface area contributed by atoms with Crippen LogP contribution in [0.25, 0.3) is 0 Å². The molecule has 174 valence electrons. The fourth-order valence-corrected chi connectivity index (χ4v) is 9.23. The minimum atomic E-state index is 0.164. The number of Topliss-reactive ketones (excluding diaryl/α,β-unsaturated/α-hetero) is 1. The Kier molecular flexibility index (Phi) is 5.67. The van der Waals surface area contributed by atoms with Crippen molar-refractivity contribution >= 4 is 5.78 Å². The van der Waals surface area contributed by atoms with Crippen LogP contribution in [0.15, 0.2) is 0 Å². The van der Waals surface area contributed by atoms with Gasteiger partial charge in [-0.25, -0.2) is 0 Å². The second kappa shape index (κ2) is 8.35. The van der Waals surface area contributed by atoms with Crippen LogP contribution in [-0.2, 0) is 9.53 Å². The molecule has 0 aromatic heterocycles. The molecule has 1 aliphatic carbocycles. The lowest BCUT2D eigenvalue weighted by atomic mass is 9.43. The molecule has 8 atom stereocenters. The van der Waals surface area contributed by atoms with E-state index in [2.05, 4.69) is 27.8 Å². The van der Waals surface area contributed by atoms with E-state index in [1.807, 2.05) is 0 Å². The Bertz CT molecular complexity index is 662. The van der Waals surface area contributed by atoms with Gasteiger partial charge in [-0.05, 0) is 89.5 Å². The van der Waals surface area contributed by atoms with Gasteiger partial charge in [0.15, 0.2) is 0 Å². The maximum atomic E-state index is 14.0. The highest BCUT2D eigenvalue weighted by molar-refractivity contribution is 5.86. The highest BCUT2D eigenvalue weighted by Crippen LogP contribution is 2.62. The van der Waals surface area contributed by atoms with Crippen LogP contribution in [0.4, 0.5) is 0 Å². The second-order valence-electron chi connectivity index (χ2n) is 11.2. The van der Waals surface area contributed by atoms with E-state index in [-0.39, 0.29) is 17.3 Å². The lowest BCUT2D eigenvalue weighted by molar-refractivity contribution is -0.257. The molecule has 6 heteroatoms. The van der Waals surface area contributed by atoms with Crippen LogP contribution >= 0.6 is 0 Å². The van der Waals surface area contributed by atoms with Gasteiger partial charge >= 0.3 is 0 Å². The Labute approximate surface area is 187 Å². The normalized spacial score (nSPS) is 50.3. The largest absolute Gasteiger partial charge is 0.372 e. The molecule has 0 aromatic carbocycles. The maximum Gasteiger partial charge on any atom is 0.142 e. The summed E-state index contributed by atoms with van der Waals surface area (Å²) in [6, 6.07) is 0.744. The SMILES string of the molecule is CCCN1CCCC2C(=O)C3CCCNC3C3(C4CCNCC4OC4CNCCC43)C21. The minimum Gasteiger partial charge on any atom is -0.372 e. The van der Waals surface area contributed by atoms with Gasteiger partial charge in [-0.1, -0.05) is 6.92 Å². The Morgan fingerprint density at radius 2 is 1.68 bits per heavy atom. The molecule has 1 saturated carbocycles. The highest BCUT2D eigenvalue weighted by Gasteiger charge is 2.70. The number of hydrogen-bond acceptors (Lipinski definition) is 6. The summed E-state index contributed by atoms with van der Waals surface area (Å²) in [6.45, 7) is 9.85. The van der Waals surface area contributed by atoms with E-state index in [0.29, 0.717) is 41.9 Å². The molecule has 0 radical (unpaired) electrons. The standard InChI is InChI=1S/C25H42N4O2/c1-2-12-29-13-4-6-17-22(30)16-5-3-9-28-23(16)25(24(17)29)18-7-10-26-14-20(18)31-21-15-27-11-8-19(21)25/h16-21,23-24,26-28H,2-15H2,1H3. The van der Waals surface area contributed by atoms with E-state index in [4.69, 9.17) is 4.74 Å². The van der Waals surface area contributed by atoms with Gasteiger partial charge in [-0.15, -0.1) is 0 Å². The summed E-state index contributed by atoms with van der Waals surface area (Å²) < 4.78 is 6.85. The lowest BCUT2D eigenvalue weighted by Gasteiger charge is -2.70. The van der Waals surface area contributed by atoms with Crippen molar-refractivity contribution in [2.24, 2.45) is 29.1 Å². The molecular formula is C25H42N4O2. The molecule has 6 fully saturated rings. The van der Waals surface area contributed by atoms with Gasteiger partial charge in [-0.2, -0.15) is 0 Å². The number of fused-ring (bicyclic) bond motifs is 8. The zero-order chi connectivity index (χ0) is 21.0. The van der Waals surface area contributed by atoms with Crippen molar-refractivity contribution in [3.05, 3.63) is 0 Å². The smallest absolute Gasteiger partial charge is 0.142 e. The maximum absolute atomic E-state index is 14.0. The summed E-state index contributed by atoms with van der Waals surface area (Å²) in [4.78, 5) is 16.8. The van der Waals surface area contributed by atoms with Crippen LogP contribution in [0.3, 0.4) is 0 Å². The fourth-order valence-electron chi connectivity index (χ4n) is 9.23. The van der Waals surface area contributed by atoms with Crippen molar-refractivity contribution in [2.75, 3.05) is 45.8 Å². The van der Waals surface area contributed by atoms with Crippen LogP contribution < -0.4 is 16.0 Å². The molecule has 5 aliphatic heterocycles. The third kappa shape index (κ3) is 3.04. The molecule has 31 heavy (non-hydrogen) atoms. The highest BCUT2D eigenvalue weighted by atomic mass is 16.5. The molecule has 6 aliphatic rings. The number of ether oxygens (including phenoxy) is 1. The number of carbonyl (C=O) groups excluding carboxylic acids is 1. The van der Waals surface area contributed by atoms with Crippen LogP contribution in [-0.4, -0.2) is 80.8 Å². The Hall–Kier alpha value is -0.530. The zero-order valence-corrected chi connectivity index (χ0v) is 19.3. The van der Waals surface area contributed by atoms with Crippen molar-refractivity contribution in [1.82, 2.24) is 20.9 Å². The first-order valence-electron chi connectivity index (χ1n) is 13.3. The number of piperidine rings is 4. The quantitative estimate of drug-likeness (QED) is 0.616. The number of ketones is 1. The molecule has 8 unspecified atom stereocenters. The average molecular weight is 431 g/mol. The van der Waals surface area contributed by atoms with E-state index >= 15 is 0 Å². The molecule has 5 heterocycles. The number of hydrogen-bond donors (Lipinski definition) is 3. The number of likely N-dealkylation sites (tertiary alicyclic amines) is 1. The van der Waals surface area contributed by atoms with Gasteiger partial charge in [0.05, 0.1) is 12.2 Å². The molecule has 6 nitrogen and oxygen atoms in total. The first-order chi connectivity index (χ1) is 15.3. The Balaban J connectivity index is 1.54. The summed E-state index contributed by atoms with van der Waals surface area (Å²) >= 11 is 0. The fraction of sp³-hybridized carbons (Fsp3) is 0.960. The number of rotatable bonds is 2. The number of carbonyl (C=O) groups is 1. The van der Waals surface area contributed by atoms with E-state index in [1.54, 1.807) is 0 Å². The summed E-state index contributed by atoms with van der Waals surface area (Å²) in [5.41, 5.74) is 0.164. The summed E-state index contributed by atoms with van der Waals surface area (Å²) in [5, 5.41) is 11.3. The topological polar surface area (TPSA) is 65.6 Å². The van der Waals surface area contributed by atoms with Crippen LogP contribution in [0, 0.1) is 29.1 Å². The van der Waals surface area contributed by atoms with Crippen molar-refractivity contribution in [3.8, 4) is 0 Å². The molecule has 0 amide bonds. The van der Waals surface area contributed by atoms with Crippen molar-refractivity contribution < 1.29 is 9.53 Å². The van der Waals surface area contributed by atoms with E-state index in [0.717, 1.165) is 58.5 Å².